The molecule has 1 aromatic rings. The van der Waals surface area contributed by atoms with Crippen molar-refractivity contribution in [2.24, 2.45) is 0 Å². The summed E-state index contributed by atoms with van der Waals surface area (Å²) in [4.78, 5) is 97.6. The number of carbonyl (C=O) groups is 8. The van der Waals surface area contributed by atoms with Crippen LogP contribution < -0.4 is 4.74 Å². The van der Waals surface area contributed by atoms with E-state index in [9.17, 15) is 38.4 Å². The fourth-order valence-corrected chi connectivity index (χ4v) is 5.41. The predicted octanol–water partition coefficient (Wildman–Crippen LogP) is 0.674. The van der Waals surface area contributed by atoms with E-state index in [-0.39, 0.29) is 11.3 Å². The molecule has 2 heterocycles. The van der Waals surface area contributed by atoms with Crippen LogP contribution in [0.3, 0.4) is 0 Å². The Labute approximate surface area is 301 Å². The summed E-state index contributed by atoms with van der Waals surface area (Å²) in [7, 11) is 1.00. The molecule has 0 bridgehead atoms. The Bertz CT molecular complexity index is 1510. The van der Waals surface area contributed by atoms with Crippen molar-refractivity contribution in [2.45, 2.75) is 103 Å². The van der Waals surface area contributed by atoms with E-state index in [4.69, 9.17) is 63.7 Å². The number of halogens is 1. The minimum atomic E-state index is -1.80. The average molecular weight is 761 g/mol. The highest BCUT2D eigenvalue weighted by atomic mass is 35.5. The van der Waals surface area contributed by atoms with E-state index in [2.05, 4.69) is 0 Å². The molecular formula is C32H37ClO19. The van der Waals surface area contributed by atoms with Gasteiger partial charge >= 0.3 is 41.8 Å². The summed E-state index contributed by atoms with van der Waals surface area (Å²) in [6, 6.07) is 5.34. The first-order valence-electron chi connectivity index (χ1n) is 15.4. The number of hydrogen-bond donors (Lipinski definition) is 0. The lowest BCUT2D eigenvalue weighted by Crippen LogP contribution is -2.65. The predicted molar refractivity (Wildman–Crippen MR) is 166 cm³/mol. The van der Waals surface area contributed by atoms with E-state index in [1.165, 1.54) is 24.3 Å². The third-order valence-corrected chi connectivity index (χ3v) is 7.31. The van der Waals surface area contributed by atoms with Crippen LogP contribution in [0.1, 0.15) is 51.9 Å². The zero-order valence-electron chi connectivity index (χ0n) is 28.9. The number of methoxy groups -OCH3 is 1. The molecule has 0 amide bonds. The summed E-state index contributed by atoms with van der Waals surface area (Å²) in [6.07, 6.45) is -16.5. The highest BCUT2D eigenvalue weighted by Gasteiger charge is 2.57. The summed E-state index contributed by atoms with van der Waals surface area (Å²) in [6.45, 7) is 5.43. The van der Waals surface area contributed by atoms with Gasteiger partial charge in [-0.05, 0) is 35.9 Å². The number of ether oxygens (including phenoxy) is 11. The lowest BCUT2D eigenvalue weighted by molar-refractivity contribution is -0.323. The number of esters is 7. The lowest BCUT2D eigenvalue weighted by atomic mass is 9.97. The zero-order chi connectivity index (χ0) is 38.9. The molecule has 0 aromatic heterocycles. The van der Waals surface area contributed by atoms with Gasteiger partial charge in [-0.3, -0.25) is 33.6 Å². The van der Waals surface area contributed by atoms with E-state index >= 15 is 0 Å². The number of hydrogen-bond acceptors (Lipinski definition) is 19. The van der Waals surface area contributed by atoms with Gasteiger partial charge in [-0.2, -0.15) is 0 Å². The second-order valence-electron chi connectivity index (χ2n) is 11.2. The van der Waals surface area contributed by atoms with Gasteiger partial charge < -0.3 is 52.1 Å². The Morgan fingerprint density at radius 2 is 1.00 bits per heavy atom. The van der Waals surface area contributed by atoms with Crippen molar-refractivity contribution in [3.8, 4) is 5.75 Å². The lowest BCUT2D eigenvalue weighted by Gasteiger charge is -2.45. The highest BCUT2D eigenvalue weighted by Crippen LogP contribution is 2.34. The van der Waals surface area contributed by atoms with Crippen molar-refractivity contribution < 1.29 is 90.5 Å². The molecule has 3 rings (SSSR count). The van der Waals surface area contributed by atoms with E-state index in [0.29, 0.717) is 0 Å². The van der Waals surface area contributed by atoms with Crippen LogP contribution in [-0.4, -0.2) is 122 Å². The van der Waals surface area contributed by atoms with E-state index in [1.807, 2.05) is 0 Å². The summed E-state index contributed by atoms with van der Waals surface area (Å²) in [5, 5.41) is -0.754. The van der Waals surface area contributed by atoms with Gasteiger partial charge in [0.2, 0.25) is 12.4 Å². The molecule has 2 saturated heterocycles. The summed E-state index contributed by atoms with van der Waals surface area (Å²) in [5.41, 5.74) is 0.122. The van der Waals surface area contributed by atoms with Crippen LogP contribution in [-0.2, 0) is 80.9 Å². The van der Waals surface area contributed by atoms with E-state index in [1.54, 1.807) is 0 Å². The minimum Gasteiger partial charge on any atom is -0.467 e. The van der Waals surface area contributed by atoms with Crippen LogP contribution in [0.2, 0.25) is 0 Å². The van der Waals surface area contributed by atoms with Gasteiger partial charge in [0.05, 0.1) is 13.7 Å². The van der Waals surface area contributed by atoms with Gasteiger partial charge in [-0.1, -0.05) is 0 Å². The minimum absolute atomic E-state index is 0.0585. The largest absolute Gasteiger partial charge is 0.467 e. The highest BCUT2D eigenvalue weighted by molar-refractivity contribution is 6.67. The third kappa shape index (κ3) is 11.3. The van der Waals surface area contributed by atoms with Crippen molar-refractivity contribution in [1.82, 2.24) is 0 Å². The number of rotatable bonds is 13. The van der Waals surface area contributed by atoms with Crippen LogP contribution in [0.5, 0.6) is 5.75 Å². The standard InChI is InChI=1S/C32H37ClO19/c1-13(34)44-22-21(51-32(28(49-18(6)39)23(22)45-14(2)35)50-20-10-8-19(9-11-20)29(33)40)12-43-31-27(48-17(5)38)25(47-16(4)37)24(46-15(3)36)26(52-31)30(41)42-7/h8-11,21-28,31-32H,12H2,1-7H3/t21-,22+,23+,24+,25+,26?,27-,28-,31-,32-/m1/s1. The molecule has 0 spiro atoms. The van der Waals surface area contributed by atoms with Crippen LogP contribution in [0.25, 0.3) is 0 Å². The van der Waals surface area contributed by atoms with Crippen molar-refractivity contribution in [3.63, 3.8) is 0 Å². The van der Waals surface area contributed by atoms with Gasteiger partial charge in [-0.15, -0.1) is 0 Å². The van der Waals surface area contributed by atoms with Crippen molar-refractivity contribution in [1.29, 1.82) is 0 Å². The first-order chi connectivity index (χ1) is 24.4. The Morgan fingerprint density at radius 1 is 0.577 bits per heavy atom. The van der Waals surface area contributed by atoms with Crippen molar-refractivity contribution in [3.05, 3.63) is 29.8 Å². The molecule has 52 heavy (non-hydrogen) atoms. The molecule has 0 saturated carbocycles. The smallest absolute Gasteiger partial charge is 0.339 e. The van der Waals surface area contributed by atoms with Crippen molar-refractivity contribution in [2.75, 3.05) is 13.7 Å². The zero-order valence-corrected chi connectivity index (χ0v) is 29.7. The topological polar surface area (TPSA) is 238 Å². The molecule has 0 aliphatic carbocycles. The van der Waals surface area contributed by atoms with Crippen LogP contribution >= 0.6 is 11.6 Å². The molecule has 1 aromatic carbocycles. The molecule has 10 atom stereocenters. The fourth-order valence-electron chi connectivity index (χ4n) is 5.29. The van der Waals surface area contributed by atoms with Crippen LogP contribution in [0.4, 0.5) is 0 Å². The first-order valence-corrected chi connectivity index (χ1v) is 15.8. The van der Waals surface area contributed by atoms with Crippen LogP contribution in [0.15, 0.2) is 24.3 Å². The molecule has 0 N–H and O–H groups in total. The van der Waals surface area contributed by atoms with Gasteiger partial charge in [0, 0.05) is 47.1 Å². The second kappa shape index (κ2) is 18.6. The van der Waals surface area contributed by atoms with Gasteiger partial charge in [0.25, 0.3) is 5.24 Å². The molecule has 20 heteroatoms. The quantitative estimate of drug-likeness (QED) is 0.152. The molecule has 2 fully saturated rings. The Morgan fingerprint density at radius 3 is 1.46 bits per heavy atom. The third-order valence-electron chi connectivity index (χ3n) is 7.09. The van der Waals surface area contributed by atoms with E-state index < -0.39 is 115 Å². The Hall–Kier alpha value is -4.85. The second-order valence-corrected chi connectivity index (χ2v) is 11.5. The van der Waals surface area contributed by atoms with Gasteiger partial charge in [-0.25, -0.2) is 4.79 Å². The van der Waals surface area contributed by atoms with Crippen molar-refractivity contribution >= 4 is 58.6 Å². The summed E-state index contributed by atoms with van der Waals surface area (Å²) >= 11 is 5.53. The molecule has 19 nitrogen and oxygen atoms in total. The van der Waals surface area contributed by atoms with Gasteiger partial charge in [0.15, 0.2) is 42.9 Å². The molecule has 286 valence electrons. The molecule has 0 radical (unpaired) electrons. The summed E-state index contributed by atoms with van der Waals surface area (Å²) in [5.74, 6) is -6.48. The molecule has 1 unspecified atom stereocenters. The van der Waals surface area contributed by atoms with Crippen LogP contribution in [0, 0.1) is 0 Å². The SMILES string of the molecule is COC(=O)C1O[C@@H](OC[C@H]2O[C@@H](Oc3ccc(C(=O)Cl)cc3)[C@H](OC(C)=O)[C@@H](OC(C)=O)[C@H]2OC(C)=O)[C@H](OC(C)=O)[C@@H](OC(C)=O)[C@@H]1OC(C)=O. The number of benzene rings is 1. The molecule has 2 aliphatic rings. The number of carbonyl (C=O) groups excluding carboxylic acids is 8. The van der Waals surface area contributed by atoms with Gasteiger partial charge in [0.1, 0.15) is 11.9 Å². The monoisotopic (exact) mass is 760 g/mol. The average Bonchev–Trinajstić information content (AvgIpc) is 3.03. The molecular weight excluding hydrogens is 724 g/mol. The maximum Gasteiger partial charge on any atom is 0.339 e. The summed E-state index contributed by atoms with van der Waals surface area (Å²) < 4.78 is 60.8. The Kier molecular flexibility index (Phi) is 14.9. The first kappa shape index (κ1) is 41.6. The van der Waals surface area contributed by atoms with E-state index in [0.717, 1.165) is 48.7 Å². The maximum absolute atomic E-state index is 12.8. The maximum atomic E-state index is 12.8. The molecule has 2 aliphatic heterocycles. The normalized spacial score (nSPS) is 28.2. The Balaban J connectivity index is 2.08. The fraction of sp³-hybridized carbons (Fsp3) is 0.562.